The lowest BCUT2D eigenvalue weighted by Gasteiger charge is -2.25. The van der Waals surface area contributed by atoms with E-state index in [0.717, 1.165) is 50.6 Å². The minimum absolute atomic E-state index is 0.198. The predicted molar refractivity (Wildman–Crippen MR) is 65.4 cm³/mol. The van der Waals surface area contributed by atoms with Crippen LogP contribution in [0.2, 0.25) is 0 Å². The SMILES string of the molecule is O=C(CC1(O)CCCC1)N1CC2CCCC2C1. The third-order valence-electron chi connectivity index (χ3n) is 5.09. The molecule has 3 heteroatoms. The molecule has 0 aromatic carbocycles. The standard InChI is InChI=1S/C14H23NO2/c16-13(8-14(17)6-1-2-7-14)15-9-11-4-3-5-12(11)10-15/h11-12,17H,1-10H2. The first kappa shape index (κ1) is 11.5. The van der Waals surface area contributed by atoms with Gasteiger partial charge in [-0.1, -0.05) is 19.3 Å². The highest BCUT2D eigenvalue weighted by atomic mass is 16.3. The van der Waals surface area contributed by atoms with Gasteiger partial charge in [0.2, 0.25) is 5.91 Å². The number of hydrogen-bond donors (Lipinski definition) is 1. The van der Waals surface area contributed by atoms with Crippen molar-refractivity contribution < 1.29 is 9.90 Å². The molecule has 3 nitrogen and oxygen atoms in total. The Hall–Kier alpha value is -0.570. The van der Waals surface area contributed by atoms with Gasteiger partial charge in [-0.25, -0.2) is 0 Å². The number of fused-ring (bicyclic) bond motifs is 1. The van der Waals surface area contributed by atoms with E-state index in [0.29, 0.717) is 6.42 Å². The van der Waals surface area contributed by atoms with Gasteiger partial charge in [-0.2, -0.15) is 0 Å². The van der Waals surface area contributed by atoms with Gasteiger partial charge < -0.3 is 10.0 Å². The zero-order valence-electron chi connectivity index (χ0n) is 10.5. The summed E-state index contributed by atoms with van der Waals surface area (Å²) in [6.45, 7) is 1.92. The number of hydrogen-bond acceptors (Lipinski definition) is 2. The van der Waals surface area contributed by atoms with Gasteiger partial charge in [-0.05, 0) is 37.5 Å². The van der Waals surface area contributed by atoms with E-state index >= 15 is 0 Å². The maximum absolute atomic E-state index is 12.2. The molecule has 0 aromatic rings. The molecule has 1 aliphatic heterocycles. The zero-order valence-corrected chi connectivity index (χ0v) is 10.5. The van der Waals surface area contributed by atoms with Crippen molar-refractivity contribution in [3.63, 3.8) is 0 Å². The second-order valence-corrected chi connectivity index (χ2v) is 6.36. The molecule has 96 valence electrons. The van der Waals surface area contributed by atoms with Crippen molar-refractivity contribution >= 4 is 5.91 Å². The van der Waals surface area contributed by atoms with E-state index in [2.05, 4.69) is 0 Å². The van der Waals surface area contributed by atoms with Gasteiger partial charge in [0.1, 0.15) is 0 Å². The van der Waals surface area contributed by atoms with Gasteiger partial charge in [0.15, 0.2) is 0 Å². The van der Waals surface area contributed by atoms with Crippen LogP contribution in [0.5, 0.6) is 0 Å². The van der Waals surface area contributed by atoms with Crippen LogP contribution in [0.1, 0.15) is 51.4 Å². The molecule has 0 bridgehead atoms. The molecule has 2 atom stereocenters. The fourth-order valence-electron chi connectivity index (χ4n) is 4.04. The topological polar surface area (TPSA) is 40.5 Å². The van der Waals surface area contributed by atoms with Crippen LogP contribution in [-0.4, -0.2) is 34.6 Å². The minimum Gasteiger partial charge on any atom is -0.389 e. The van der Waals surface area contributed by atoms with Crippen molar-refractivity contribution in [3.05, 3.63) is 0 Å². The molecular formula is C14H23NO2. The summed E-state index contributed by atoms with van der Waals surface area (Å²) in [5.41, 5.74) is -0.672. The number of rotatable bonds is 2. The van der Waals surface area contributed by atoms with Gasteiger partial charge in [0, 0.05) is 13.1 Å². The number of likely N-dealkylation sites (tertiary alicyclic amines) is 1. The highest BCUT2D eigenvalue weighted by molar-refractivity contribution is 5.77. The largest absolute Gasteiger partial charge is 0.389 e. The first-order valence-electron chi connectivity index (χ1n) is 7.16. The Morgan fingerprint density at radius 2 is 1.71 bits per heavy atom. The molecule has 3 fully saturated rings. The molecule has 1 heterocycles. The van der Waals surface area contributed by atoms with E-state index in [1.54, 1.807) is 0 Å². The summed E-state index contributed by atoms with van der Waals surface area (Å²) in [4.78, 5) is 14.2. The van der Waals surface area contributed by atoms with E-state index in [1.807, 2.05) is 4.90 Å². The number of nitrogens with zero attached hydrogens (tertiary/aromatic N) is 1. The van der Waals surface area contributed by atoms with Gasteiger partial charge in [-0.3, -0.25) is 4.79 Å². The lowest BCUT2D eigenvalue weighted by Crippen LogP contribution is -2.37. The van der Waals surface area contributed by atoms with Crippen molar-refractivity contribution in [2.24, 2.45) is 11.8 Å². The van der Waals surface area contributed by atoms with Crippen molar-refractivity contribution in [2.75, 3.05) is 13.1 Å². The summed E-state index contributed by atoms with van der Waals surface area (Å²) in [6.07, 6.45) is 8.12. The Morgan fingerprint density at radius 3 is 2.29 bits per heavy atom. The summed E-state index contributed by atoms with van der Waals surface area (Å²) in [5, 5.41) is 10.3. The minimum atomic E-state index is -0.672. The van der Waals surface area contributed by atoms with E-state index in [-0.39, 0.29) is 5.91 Å². The first-order valence-corrected chi connectivity index (χ1v) is 7.16. The molecule has 2 saturated carbocycles. The predicted octanol–water partition coefficient (Wildman–Crippen LogP) is 1.94. The maximum Gasteiger partial charge on any atom is 0.225 e. The Bertz CT molecular complexity index is 297. The van der Waals surface area contributed by atoms with Gasteiger partial charge in [0.05, 0.1) is 12.0 Å². The molecule has 0 radical (unpaired) electrons. The third kappa shape index (κ3) is 2.22. The number of aliphatic hydroxyl groups is 1. The van der Waals surface area contributed by atoms with Crippen LogP contribution < -0.4 is 0 Å². The van der Waals surface area contributed by atoms with E-state index in [1.165, 1.54) is 19.3 Å². The van der Waals surface area contributed by atoms with Crippen LogP contribution in [0.25, 0.3) is 0 Å². The molecule has 3 rings (SSSR count). The fraction of sp³-hybridized carbons (Fsp3) is 0.929. The average molecular weight is 237 g/mol. The second-order valence-electron chi connectivity index (χ2n) is 6.36. The maximum atomic E-state index is 12.2. The molecular weight excluding hydrogens is 214 g/mol. The summed E-state index contributed by atoms with van der Waals surface area (Å²) < 4.78 is 0. The second kappa shape index (κ2) is 4.27. The first-order chi connectivity index (χ1) is 8.16. The van der Waals surface area contributed by atoms with Crippen LogP contribution in [0.15, 0.2) is 0 Å². The molecule has 1 saturated heterocycles. The third-order valence-corrected chi connectivity index (χ3v) is 5.09. The Kier molecular flexibility index (Phi) is 2.89. The number of carbonyl (C=O) groups excluding carboxylic acids is 1. The van der Waals surface area contributed by atoms with Gasteiger partial charge in [0.25, 0.3) is 0 Å². The normalized spacial score (nSPS) is 35.2. The van der Waals surface area contributed by atoms with Crippen molar-refractivity contribution in [3.8, 4) is 0 Å². The average Bonchev–Trinajstić information content (AvgIpc) is 2.91. The molecule has 1 N–H and O–H groups in total. The van der Waals surface area contributed by atoms with E-state index in [9.17, 15) is 9.90 Å². The summed E-state index contributed by atoms with van der Waals surface area (Å²) >= 11 is 0. The van der Waals surface area contributed by atoms with E-state index in [4.69, 9.17) is 0 Å². The van der Waals surface area contributed by atoms with Gasteiger partial charge in [-0.15, -0.1) is 0 Å². The molecule has 1 amide bonds. The van der Waals surface area contributed by atoms with Crippen LogP contribution >= 0.6 is 0 Å². The molecule has 17 heavy (non-hydrogen) atoms. The fourth-order valence-corrected chi connectivity index (χ4v) is 4.04. The quantitative estimate of drug-likeness (QED) is 0.797. The molecule has 2 unspecified atom stereocenters. The summed E-state index contributed by atoms with van der Waals surface area (Å²) in [7, 11) is 0. The summed E-state index contributed by atoms with van der Waals surface area (Å²) in [6, 6.07) is 0. The van der Waals surface area contributed by atoms with Crippen LogP contribution in [0, 0.1) is 11.8 Å². The highest BCUT2D eigenvalue weighted by Gasteiger charge is 2.41. The van der Waals surface area contributed by atoms with Crippen molar-refractivity contribution in [2.45, 2.75) is 57.0 Å². The lowest BCUT2D eigenvalue weighted by molar-refractivity contribution is -0.135. The Labute approximate surface area is 103 Å². The monoisotopic (exact) mass is 237 g/mol. The number of amides is 1. The van der Waals surface area contributed by atoms with Crippen molar-refractivity contribution in [1.29, 1.82) is 0 Å². The van der Waals surface area contributed by atoms with E-state index < -0.39 is 5.60 Å². The van der Waals surface area contributed by atoms with Crippen molar-refractivity contribution in [1.82, 2.24) is 4.90 Å². The molecule has 3 aliphatic rings. The lowest BCUT2D eigenvalue weighted by atomic mass is 9.97. The number of carbonyl (C=O) groups is 1. The Morgan fingerprint density at radius 1 is 1.12 bits per heavy atom. The van der Waals surface area contributed by atoms with Crippen LogP contribution in [-0.2, 0) is 4.79 Å². The Balaban J connectivity index is 1.56. The smallest absolute Gasteiger partial charge is 0.225 e. The highest BCUT2D eigenvalue weighted by Crippen LogP contribution is 2.39. The zero-order chi connectivity index (χ0) is 11.9. The molecule has 0 spiro atoms. The van der Waals surface area contributed by atoms with Crippen LogP contribution in [0.4, 0.5) is 0 Å². The van der Waals surface area contributed by atoms with Crippen LogP contribution in [0.3, 0.4) is 0 Å². The molecule has 0 aromatic heterocycles. The summed E-state index contributed by atoms with van der Waals surface area (Å²) in [5.74, 6) is 1.72. The van der Waals surface area contributed by atoms with Gasteiger partial charge >= 0.3 is 0 Å². The molecule has 2 aliphatic carbocycles.